The van der Waals surface area contributed by atoms with Gasteiger partial charge >= 0.3 is 0 Å². The van der Waals surface area contributed by atoms with Crippen molar-refractivity contribution in [1.82, 2.24) is 5.32 Å². The maximum absolute atomic E-state index is 13.0. The average molecular weight is 329 g/mol. The topological polar surface area (TPSA) is 32.3 Å². The first-order valence-corrected chi connectivity index (χ1v) is 8.44. The minimum atomic E-state index is 0.130. The average Bonchev–Trinajstić information content (AvgIpc) is 2.57. The van der Waals surface area contributed by atoms with Crippen LogP contribution in [0.2, 0.25) is 5.02 Å². The molecular weight excluding hydrogens is 308 g/mol. The third kappa shape index (κ3) is 4.12. The third-order valence-electron chi connectivity index (χ3n) is 4.23. The highest BCUT2D eigenvalue weighted by Gasteiger charge is 2.26. The van der Waals surface area contributed by atoms with Gasteiger partial charge in [-0.3, -0.25) is 4.79 Å². The fourth-order valence-corrected chi connectivity index (χ4v) is 3.29. The molecule has 2 aromatic carbocycles. The monoisotopic (exact) mass is 328 g/mol. The lowest BCUT2D eigenvalue weighted by atomic mass is 10.0. The van der Waals surface area contributed by atoms with Crippen LogP contribution in [0.4, 0.5) is 5.69 Å². The molecule has 1 aliphatic heterocycles. The van der Waals surface area contributed by atoms with Gasteiger partial charge in [0, 0.05) is 16.8 Å². The number of rotatable bonds is 4. The molecule has 0 aromatic heterocycles. The molecule has 1 saturated heterocycles. The van der Waals surface area contributed by atoms with Gasteiger partial charge in [-0.15, -0.1) is 0 Å². The van der Waals surface area contributed by atoms with E-state index < -0.39 is 0 Å². The minimum absolute atomic E-state index is 0.130. The molecule has 0 spiro atoms. The normalized spacial score (nSPS) is 15.3. The van der Waals surface area contributed by atoms with E-state index in [4.69, 9.17) is 11.6 Å². The summed E-state index contributed by atoms with van der Waals surface area (Å²) >= 11 is 6.14. The van der Waals surface area contributed by atoms with Crippen LogP contribution in [0.5, 0.6) is 0 Å². The molecule has 1 fully saturated rings. The van der Waals surface area contributed by atoms with E-state index in [1.54, 1.807) is 0 Å². The van der Waals surface area contributed by atoms with Crippen LogP contribution >= 0.6 is 11.6 Å². The van der Waals surface area contributed by atoms with Crippen molar-refractivity contribution in [3.63, 3.8) is 0 Å². The van der Waals surface area contributed by atoms with Crippen molar-refractivity contribution in [2.75, 3.05) is 18.0 Å². The van der Waals surface area contributed by atoms with Crippen LogP contribution in [0.3, 0.4) is 0 Å². The third-order valence-corrected chi connectivity index (χ3v) is 4.46. The molecule has 0 radical (unpaired) electrons. The van der Waals surface area contributed by atoms with Crippen molar-refractivity contribution in [3.8, 4) is 0 Å². The van der Waals surface area contributed by atoms with Crippen LogP contribution in [-0.2, 0) is 11.2 Å². The van der Waals surface area contributed by atoms with Gasteiger partial charge in [-0.25, -0.2) is 0 Å². The lowest BCUT2D eigenvalue weighted by Gasteiger charge is -2.35. The predicted molar refractivity (Wildman–Crippen MR) is 95.0 cm³/mol. The standard InChI is InChI=1S/C19H21ClN2O/c20-16-7-4-8-18(14-16)22(17-9-11-21-12-10-17)19(23)13-15-5-2-1-3-6-15/h1-8,14,17,21H,9-13H2. The zero-order valence-corrected chi connectivity index (χ0v) is 13.8. The predicted octanol–water partition coefficient (Wildman–Crippen LogP) is 3.67. The quantitative estimate of drug-likeness (QED) is 0.928. The van der Waals surface area contributed by atoms with E-state index in [2.05, 4.69) is 5.32 Å². The Morgan fingerprint density at radius 3 is 2.52 bits per heavy atom. The summed E-state index contributed by atoms with van der Waals surface area (Å²) in [5.74, 6) is 0.130. The molecule has 3 rings (SSSR count). The molecule has 1 amide bonds. The highest BCUT2D eigenvalue weighted by molar-refractivity contribution is 6.30. The second-order valence-corrected chi connectivity index (χ2v) is 6.32. The second kappa shape index (κ2) is 7.62. The summed E-state index contributed by atoms with van der Waals surface area (Å²) in [6.45, 7) is 1.89. The molecule has 2 aromatic rings. The number of benzene rings is 2. The number of anilines is 1. The molecule has 1 N–H and O–H groups in total. The second-order valence-electron chi connectivity index (χ2n) is 5.89. The van der Waals surface area contributed by atoms with E-state index >= 15 is 0 Å². The molecule has 3 nitrogen and oxygen atoms in total. The number of hydrogen-bond acceptors (Lipinski definition) is 2. The maximum Gasteiger partial charge on any atom is 0.231 e. The van der Waals surface area contributed by atoms with Crippen molar-refractivity contribution in [2.24, 2.45) is 0 Å². The summed E-state index contributed by atoms with van der Waals surface area (Å²) in [5.41, 5.74) is 1.93. The molecule has 0 atom stereocenters. The van der Waals surface area contributed by atoms with Crippen LogP contribution < -0.4 is 10.2 Å². The highest BCUT2D eigenvalue weighted by atomic mass is 35.5. The Bertz CT molecular complexity index is 653. The van der Waals surface area contributed by atoms with Crippen molar-refractivity contribution in [1.29, 1.82) is 0 Å². The van der Waals surface area contributed by atoms with Gasteiger partial charge < -0.3 is 10.2 Å². The van der Waals surface area contributed by atoms with E-state index in [0.29, 0.717) is 11.4 Å². The van der Waals surface area contributed by atoms with Crippen LogP contribution in [0.15, 0.2) is 54.6 Å². The zero-order valence-electron chi connectivity index (χ0n) is 13.0. The molecule has 1 heterocycles. The van der Waals surface area contributed by atoms with Gasteiger partial charge in [0.25, 0.3) is 0 Å². The number of nitrogens with zero attached hydrogens (tertiary/aromatic N) is 1. The maximum atomic E-state index is 13.0. The first-order chi connectivity index (χ1) is 11.2. The van der Waals surface area contributed by atoms with Gasteiger partial charge in [0.1, 0.15) is 0 Å². The molecule has 0 aliphatic carbocycles. The van der Waals surface area contributed by atoms with Gasteiger partial charge in [-0.2, -0.15) is 0 Å². The number of amides is 1. The van der Waals surface area contributed by atoms with E-state index in [1.165, 1.54) is 0 Å². The zero-order chi connectivity index (χ0) is 16.1. The molecule has 120 valence electrons. The molecule has 1 aliphatic rings. The first kappa shape index (κ1) is 16.0. The Morgan fingerprint density at radius 2 is 1.83 bits per heavy atom. The summed E-state index contributed by atoms with van der Waals surface area (Å²) in [6.07, 6.45) is 2.34. The van der Waals surface area contributed by atoms with E-state index in [1.807, 2.05) is 59.5 Å². The number of nitrogens with one attached hydrogen (secondary N) is 1. The summed E-state index contributed by atoms with van der Waals surface area (Å²) in [4.78, 5) is 14.9. The Kier molecular flexibility index (Phi) is 5.31. The first-order valence-electron chi connectivity index (χ1n) is 8.06. The van der Waals surface area contributed by atoms with Crippen molar-refractivity contribution in [2.45, 2.75) is 25.3 Å². The summed E-state index contributed by atoms with van der Waals surface area (Å²) in [7, 11) is 0. The van der Waals surface area contributed by atoms with E-state index in [0.717, 1.165) is 37.2 Å². The van der Waals surface area contributed by atoms with Crippen LogP contribution in [0.25, 0.3) is 0 Å². The molecule has 0 unspecified atom stereocenters. The fourth-order valence-electron chi connectivity index (χ4n) is 3.10. The van der Waals surface area contributed by atoms with Crippen molar-refractivity contribution < 1.29 is 4.79 Å². The van der Waals surface area contributed by atoms with E-state index in [9.17, 15) is 4.79 Å². The summed E-state index contributed by atoms with van der Waals surface area (Å²) in [5, 5.41) is 4.02. The molecule has 0 bridgehead atoms. The fraction of sp³-hybridized carbons (Fsp3) is 0.316. The van der Waals surface area contributed by atoms with Crippen molar-refractivity contribution in [3.05, 3.63) is 65.2 Å². The van der Waals surface area contributed by atoms with Gasteiger partial charge in [0.2, 0.25) is 5.91 Å². The van der Waals surface area contributed by atoms with Gasteiger partial charge in [-0.1, -0.05) is 48.0 Å². The highest BCUT2D eigenvalue weighted by Crippen LogP contribution is 2.25. The number of piperidine rings is 1. The Morgan fingerprint density at radius 1 is 1.09 bits per heavy atom. The number of hydrogen-bond donors (Lipinski definition) is 1. The Labute approximate surface area is 142 Å². The smallest absolute Gasteiger partial charge is 0.231 e. The van der Waals surface area contributed by atoms with Gasteiger partial charge in [0.15, 0.2) is 0 Å². The number of carbonyl (C=O) groups is 1. The number of carbonyl (C=O) groups excluding carboxylic acids is 1. The SMILES string of the molecule is O=C(Cc1ccccc1)N(c1cccc(Cl)c1)C1CCNCC1. The number of halogens is 1. The van der Waals surface area contributed by atoms with Gasteiger partial charge in [-0.05, 0) is 49.7 Å². The van der Waals surface area contributed by atoms with Crippen molar-refractivity contribution >= 4 is 23.2 Å². The Hall–Kier alpha value is -1.84. The summed E-state index contributed by atoms with van der Waals surface area (Å²) < 4.78 is 0. The van der Waals surface area contributed by atoms with E-state index in [-0.39, 0.29) is 11.9 Å². The van der Waals surface area contributed by atoms with Crippen LogP contribution in [-0.4, -0.2) is 25.0 Å². The molecule has 23 heavy (non-hydrogen) atoms. The largest absolute Gasteiger partial charge is 0.317 e. The minimum Gasteiger partial charge on any atom is -0.317 e. The van der Waals surface area contributed by atoms with Gasteiger partial charge in [0.05, 0.1) is 6.42 Å². The molecule has 4 heteroatoms. The molecule has 0 saturated carbocycles. The van der Waals surface area contributed by atoms with Crippen LogP contribution in [0.1, 0.15) is 18.4 Å². The lowest BCUT2D eigenvalue weighted by molar-refractivity contribution is -0.118. The van der Waals surface area contributed by atoms with Crippen LogP contribution in [0, 0.1) is 0 Å². The molecular formula is C19H21ClN2O. The lowest BCUT2D eigenvalue weighted by Crippen LogP contribution is -2.47. The summed E-state index contributed by atoms with van der Waals surface area (Å²) in [6, 6.07) is 17.7. The Balaban J connectivity index is 1.86.